The summed E-state index contributed by atoms with van der Waals surface area (Å²) in [6.07, 6.45) is -3.86. The normalized spacial score (nSPS) is 11.6. The van der Waals surface area contributed by atoms with Gasteiger partial charge in [0.05, 0.1) is 17.9 Å². The monoisotopic (exact) mass is 468 g/mol. The predicted molar refractivity (Wildman–Crippen MR) is 122 cm³/mol. The molecule has 0 saturated carbocycles. The lowest BCUT2D eigenvalue weighted by molar-refractivity contribution is -0.143. The number of rotatable bonds is 6. The molecule has 0 aliphatic rings. The number of halogens is 3. The van der Waals surface area contributed by atoms with Gasteiger partial charge in [0.15, 0.2) is 11.3 Å². The summed E-state index contributed by atoms with van der Waals surface area (Å²) < 4.78 is 48.5. The van der Waals surface area contributed by atoms with E-state index in [2.05, 4.69) is 15.4 Å². The van der Waals surface area contributed by atoms with E-state index in [4.69, 9.17) is 4.74 Å². The topological polar surface area (TPSA) is 68.5 Å². The van der Waals surface area contributed by atoms with Crippen LogP contribution in [0, 0.1) is 13.8 Å². The average Bonchev–Trinajstić information content (AvgIpc) is 3.12. The first-order chi connectivity index (χ1) is 16.2. The zero-order chi connectivity index (χ0) is 24.5. The SMILES string of the molecule is CCOc1ccc(CNC(=O)c2cnc3c(-c4cccc(C)c4)c(C)nn3c2C(F)(F)F)cc1. The maximum atomic E-state index is 14.1. The molecular formula is C25H23F3N4O2. The second kappa shape index (κ2) is 9.17. The number of aromatic nitrogens is 3. The van der Waals surface area contributed by atoms with Crippen molar-refractivity contribution in [3.63, 3.8) is 0 Å². The number of nitrogens with zero attached hydrogens (tertiary/aromatic N) is 3. The van der Waals surface area contributed by atoms with Crippen LogP contribution in [0.15, 0.2) is 54.7 Å². The van der Waals surface area contributed by atoms with Gasteiger partial charge in [0.25, 0.3) is 5.91 Å². The Bertz CT molecular complexity index is 1350. The molecule has 6 nitrogen and oxygen atoms in total. The highest BCUT2D eigenvalue weighted by Gasteiger charge is 2.40. The van der Waals surface area contributed by atoms with Crippen molar-refractivity contribution in [2.24, 2.45) is 0 Å². The van der Waals surface area contributed by atoms with Crippen LogP contribution in [0.5, 0.6) is 5.75 Å². The number of carbonyl (C=O) groups is 1. The van der Waals surface area contributed by atoms with Crippen molar-refractivity contribution in [1.82, 2.24) is 19.9 Å². The minimum absolute atomic E-state index is 0.0403. The van der Waals surface area contributed by atoms with Gasteiger partial charge < -0.3 is 10.1 Å². The average molecular weight is 468 g/mol. The molecule has 4 rings (SSSR count). The number of benzene rings is 2. The van der Waals surface area contributed by atoms with Gasteiger partial charge in [0.2, 0.25) is 0 Å². The smallest absolute Gasteiger partial charge is 0.434 e. The number of amides is 1. The molecule has 0 spiro atoms. The maximum absolute atomic E-state index is 14.1. The molecule has 0 fully saturated rings. The summed E-state index contributed by atoms with van der Waals surface area (Å²) in [5, 5.41) is 6.66. The Labute approximate surface area is 194 Å². The zero-order valence-corrected chi connectivity index (χ0v) is 18.9. The van der Waals surface area contributed by atoms with Crippen LogP contribution in [0.1, 0.15) is 39.8 Å². The van der Waals surface area contributed by atoms with E-state index in [0.717, 1.165) is 21.8 Å². The molecule has 0 radical (unpaired) electrons. The van der Waals surface area contributed by atoms with Gasteiger partial charge in [-0.25, -0.2) is 9.50 Å². The van der Waals surface area contributed by atoms with Crippen molar-refractivity contribution < 1.29 is 22.7 Å². The van der Waals surface area contributed by atoms with Crippen molar-refractivity contribution in [2.75, 3.05) is 6.61 Å². The Kier molecular flexibility index (Phi) is 6.28. The molecule has 0 bridgehead atoms. The summed E-state index contributed by atoms with van der Waals surface area (Å²) in [6.45, 7) is 5.95. The predicted octanol–water partition coefficient (Wildman–Crippen LogP) is 5.36. The van der Waals surface area contributed by atoms with Gasteiger partial charge in [-0.3, -0.25) is 4.79 Å². The Balaban J connectivity index is 1.71. The van der Waals surface area contributed by atoms with E-state index in [0.29, 0.717) is 29.2 Å². The van der Waals surface area contributed by atoms with E-state index in [-0.39, 0.29) is 12.2 Å². The molecule has 2 heterocycles. The van der Waals surface area contributed by atoms with Gasteiger partial charge in [-0.2, -0.15) is 18.3 Å². The molecule has 1 N–H and O–H groups in total. The number of fused-ring (bicyclic) bond motifs is 1. The molecule has 0 unspecified atom stereocenters. The van der Waals surface area contributed by atoms with Crippen LogP contribution in [0.25, 0.3) is 16.8 Å². The number of aryl methyl sites for hydroxylation is 2. The largest absolute Gasteiger partial charge is 0.494 e. The summed E-state index contributed by atoms with van der Waals surface area (Å²) in [4.78, 5) is 17.0. The molecule has 34 heavy (non-hydrogen) atoms. The Hall–Kier alpha value is -3.88. The van der Waals surface area contributed by atoms with Crippen LogP contribution in [0.4, 0.5) is 13.2 Å². The van der Waals surface area contributed by atoms with E-state index in [1.807, 2.05) is 32.0 Å². The number of carbonyl (C=O) groups excluding carboxylic acids is 1. The summed E-state index contributed by atoms with van der Waals surface area (Å²) >= 11 is 0. The van der Waals surface area contributed by atoms with E-state index >= 15 is 0 Å². The van der Waals surface area contributed by atoms with Crippen LogP contribution >= 0.6 is 0 Å². The van der Waals surface area contributed by atoms with Crippen LogP contribution in [-0.2, 0) is 12.7 Å². The quantitative estimate of drug-likeness (QED) is 0.414. The van der Waals surface area contributed by atoms with Gasteiger partial charge >= 0.3 is 6.18 Å². The van der Waals surface area contributed by atoms with Crippen molar-refractivity contribution >= 4 is 11.6 Å². The van der Waals surface area contributed by atoms with E-state index in [1.165, 1.54) is 0 Å². The number of alkyl halides is 3. The van der Waals surface area contributed by atoms with Gasteiger partial charge in [-0.15, -0.1) is 0 Å². The van der Waals surface area contributed by atoms with E-state index in [9.17, 15) is 18.0 Å². The standard InChI is InChI=1S/C25H23F3N4O2/c1-4-34-19-10-8-17(9-11-19)13-30-24(33)20-14-29-23-21(18-7-5-6-15(2)12-18)16(3)31-32(23)22(20)25(26,27)28/h5-12,14H,4,13H2,1-3H3,(H,30,33). The Morgan fingerprint density at radius 3 is 2.50 bits per heavy atom. The maximum Gasteiger partial charge on any atom is 0.434 e. The summed E-state index contributed by atoms with van der Waals surface area (Å²) in [5.41, 5.74) is 1.55. The number of nitrogens with one attached hydrogen (secondary N) is 1. The lowest BCUT2D eigenvalue weighted by atomic mass is 10.0. The van der Waals surface area contributed by atoms with Crippen LogP contribution in [-0.4, -0.2) is 27.1 Å². The summed E-state index contributed by atoms with van der Waals surface area (Å²) in [5.74, 6) is -0.217. The molecule has 0 atom stereocenters. The Morgan fingerprint density at radius 2 is 1.85 bits per heavy atom. The third kappa shape index (κ3) is 4.59. The number of hydrogen-bond donors (Lipinski definition) is 1. The minimum Gasteiger partial charge on any atom is -0.494 e. The van der Waals surface area contributed by atoms with Gasteiger partial charge in [-0.05, 0) is 44.0 Å². The molecule has 2 aromatic heterocycles. The molecule has 2 aromatic carbocycles. The number of ether oxygens (including phenoxy) is 1. The fourth-order valence-corrected chi connectivity index (χ4v) is 3.82. The van der Waals surface area contributed by atoms with Crippen molar-refractivity contribution in [3.8, 4) is 16.9 Å². The van der Waals surface area contributed by atoms with Gasteiger partial charge in [-0.1, -0.05) is 42.0 Å². The van der Waals surface area contributed by atoms with Crippen molar-refractivity contribution in [3.05, 3.63) is 82.8 Å². The number of hydrogen-bond acceptors (Lipinski definition) is 4. The highest BCUT2D eigenvalue weighted by molar-refractivity contribution is 5.96. The lowest BCUT2D eigenvalue weighted by Crippen LogP contribution is -2.28. The first-order valence-corrected chi connectivity index (χ1v) is 10.7. The fraction of sp³-hybridized carbons (Fsp3) is 0.240. The molecule has 176 valence electrons. The lowest BCUT2D eigenvalue weighted by Gasteiger charge is -2.14. The van der Waals surface area contributed by atoms with Crippen molar-refractivity contribution in [1.29, 1.82) is 0 Å². The second-order valence-corrected chi connectivity index (χ2v) is 7.84. The van der Waals surface area contributed by atoms with E-state index in [1.54, 1.807) is 37.3 Å². The second-order valence-electron chi connectivity index (χ2n) is 7.84. The highest BCUT2D eigenvalue weighted by atomic mass is 19.4. The minimum atomic E-state index is -4.82. The summed E-state index contributed by atoms with van der Waals surface area (Å²) in [6, 6.07) is 14.3. The molecule has 4 aromatic rings. The zero-order valence-electron chi connectivity index (χ0n) is 18.9. The van der Waals surface area contributed by atoms with Crippen LogP contribution in [0.2, 0.25) is 0 Å². The van der Waals surface area contributed by atoms with Gasteiger partial charge in [0, 0.05) is 18.3 Å². The molecule has 0 aliphatic carbocycles. The molecule has 0 saturated heterocycles. The molecular weight excluding hydrogens is 445 g/mol. The third-order valence-electron chi connectivity index (χ3n) is 5.33. The first kappa shape index (κ1) is 23.3. The first-order valence-electron chi connectivity index (χ1n) is 10.7. The van der Waals surface area contributed by atoms with Crippen LogP contribution in [0.3, 0.4) is 0 Å². The third-order valence-corrected chi connectivity index (χ3v) is 5.33. The molecule has 9 heteroatoms. The Morgan fingerprint density at radius 1 is 1.12 bits per heavy atom. The molecule has 0 aliphatic heterocycles. The van der Waals surface area contributed by atoms with Gasteiger partial charge in [0.1, 0.15) is 5.75 Å². The molecule has 1 amide bonds. The van der Waals surface area contributed by atoms with Crippen LogP contribution < -0.4 is 10.1 Å². The van der Waals surface area contributed by atoms with Crippen molar-refractivity contribution in [2.45, 2.75) is 33.5 Å². The highest BCUT2D eigenvalue weighted by Crippen LogP contribution is 2.35. The summed E-state index contributed by atoms with van der Waals surface area (Å²) in [7, 11) is 0. The fourth-order valence-electron chi connectivity index (χ4n) is 3.82. The van der Waals surface area contributed by atoms with E-state index < -0.39 is 23.3 Å².